The van der Waals surface area contributed by atoms with Gasteiger partial charge in [0.2, 0.25) is 0 Å². The Labute approximate surface area is 130 Å². The summed E-state index contributed by atoms with van der Waals surface area (Å²) in [6, 6.07) is 9.78. The number of carbonyl (C=O) groups is 1. The van der Waals surface area contributed by atoms with Crippen molar-refractivity contribution in [1.29, 1.82) is 0 Å². The van der Waals surface area contributed by atoms with E-state index in [0.717, 1.165) is 24.5 Å². The molecule has 2 aromatic rings. The van der Waals surface area contributed by atoms with Crippen molar-refractivity contribution in [2.75, 3.05) is 23.3 Å². The number of rotatable bonds is 6. The zero-order chi connectivity index (χ0) is 15.5. The van der Waals surface area contributed by atoms with E-state index in [0.29, 0.717) is 11.6 Å². The topological polar surface area (TPSA) is 61.0 Å². The summed E-state index contributed by atoms with van der Waals surface area (Å²) >= 11 is 0. The summed E-state index contributed by atoms with van der Waals surface area (Å²) in [6.07, 6.45) is 2.38. The van der Waals surface area contributed by atoms with Crippen molar-refractivity contribution in [2.24, 2.45) is 0 Å². The van der Waals surface area contributed by atoms with Crippen LogP contribution in [0.4, 0.5) is 11.4 Å². The Morgan fingerprint density at radius 1 is 1.27 bits per heavy atom. The van der Waals surface area contributed by atoms with E-state index in [1.54, 1.807) is 0 Å². The average molecular weight is 298 g/mol. The minimum Gasteiger partial charge on any atom is -0.372 e. The van der Waals surface area contributed by atoms with E-state index >= 15 is 0 Å². The minimum absolute atomic E-state index is 0.168. The van der Waals surface area contributed by atoms with Gasteiger partial charge in [0.05, 0.1) is 0 Å². The van der Waals surface area contributed by atoms with Gasteiger partial charge in [-0.05, 0) is 57.0 Å². The monoisotopic (exact) mass is 298 g/mol. The van der Waals surface area contributed by atoms with E-state index in [1.807, 2.05) is 30.3 Å². The first-order valence-corrected chi connectivity index (χ1v) is 7.93. The maximum atomic E-state index is 12.2. The van der Waals surface area contributed by atoms with Crippen LogP contribution in [0.15, 0.2) is 30.3 Å². The maximum Gasteiger partial charge on any atom is 0.276 e. The third-order valence-corrected chi connectivity index (χ3v) is 4.10. The molecule has 0 unspecified atom stereocenters. The predicted octanol–water partition coefficient (Wildman–Crippen LogP) is 3.39. The van der Waals surface area contributed by atoms with Gasteiger partial charge in [0.1, 0.15) is 0 Å². The van der Waals surface area contributed by atoms with E-state index < -0.39 is 0 Å². The van der Waals surface area contributed by atoms with Crippen LogP contribution >= 0.6 is 0 Å². The van der Waals surface area contributed by atoms with Crippen molar-refractivity contribution in [3.05, 3.63) is 41.7 Å². The van der Waals surface area contributed by atoms with Gasteiger partial charge >= 0.3 is 0 Å². The molecule has 22 heavy (non-hydrogen) atoms. The van der Waals surface area contributed by atoms with E-state index in [1.165, 1.54) is 18.5 Å². The molecule has 2 N–H and O–H groups in total. The van der Waals surface area contributed by atoms with Crippen LogP contribution in [0.1, 0.15) is 48.8 Å². The van der Waals surface area contributed by atoms with Crippen molar-refractivity contribution >= 4 is 17.3 Å². The summed E-state index contributed by atoms with van der Waals surface area (Å²) in [6.45, 7) is 6.21. The van der Waals surface area contributed by atoms with Gasteiger partial charge in [-0.25, -0.2) is 0 Å². The number of amides is 1. The molecule has 1 heterocycles. The van der Waals surface area contributed by atoms with E-state index in [4.69, 9.17) is 0 Å². The molecule has 0 aliphatic heterocycles. The number of nitrogens with one attached hydrogen (secondary N) is 2. The molecule has 1 amide bonds. The molecule has 1 fully saturated rings. The third-order valence-electron chi connectivity index (χ3n) is 4.10. The lowest BCUT2D eigenvalue weighted by Crippen LogP contribution is -2.21. The fourth-order valence-corrected chi connectivity index (χ4v) is 2.60. The average Bonchev–Trinajstić information content (AvgIpc) is 3.27. The van der Waals surface area contributed by atoms with Crippen molar-refractivity contribution in [1.82, 2.24) is 10.2 Å². The summed E-state index contributed by atoms with van der Waals surface area (Å²) in [4.78, 5) is 14.5. The first-order chi connectivity index (χ1) is 10.7. The highest BCUT2D eigenvalue weighted by Crippen LogP contribution is 2.39. The Kier molecular flexibility index (Phi) is 4.13. The van der Waals surface area contributed by atoms with Crippen LogP contribution in [0.5, 0.6) is 0 Å². The highest BCUT2D eigenvalue weighted by Gasteiger charge is 2.26. The smallest absolute Gasteiger partial charge is 0.276 e. The van der Waals surface area contributed by atoms with Crippen molar-refractivity contribution in [3.63, 3.8) is 0 Å². The van der Waals surface area contributed by atoms with Gasteiger partial charge in [-0.2, -0.15) is 5.10 Å². The molecule has 1 aromatic heterocycles. The molecule has 0 atom stereocenters. The molecule has 1 aliphatic rings. The van der Waals surface area contributed by atoms with Crippen molar-refractivity contribution < 1.29 is 4.79 Å². The molecule has 1 aromatic carbocycles. The Hall–Kier alpha value is -2.30. The zero-order valence-corrected chi connectivity index (χ0v) is 13.1. The maximum absolute atomic E-state index is 12.2. The Balaban J connectivity index is 1.65. The first kappa shape index (κ1) is 14.6. The Morgan fingerprint density at radius 2 is 1.95 bits per heavy atom. The third kappa shape index (κ3) is 3.13. The number of carbonyl (C=O) groups excluding carboxylic acids is 1. The van der Waals surface area contributed by atoms with Gasteiger partial charge < -0.3 is 10.2 Å². The second-order valence-electron chi connectivity index (χ2n) is 5.66. The van der Waals surface area contributed by atoms with Crippen LogP contribution in [0, 0.1) is 0 Å². The number of aromatic nitrogens is 2. The van der Waals surface area contributed by atoms with Crippen LogP contribution in [0.25, 0.3) is 0 Å². The number of H-pyrrole nitrogens is 1. The van der Waals surface area contributed by atoms with Crippen LogP contribution in [0.3, 0.4) is 0 Å². The lowest BCUT2D eigenvalue weighted by molar-refractivity contribution is 0.102. The molecule has 5 nitrogen and oxygen atoms in total. The van der Waals surface area contributed by atoms with E-state index in [2.05, 4.69) is 34.3 Å². The lowest BCUT2D eigenvalue weighted by atomic mass is 10.2. The Morgan fingerprint density at radius 3 is 2.55 bits per heavy atom. The molecule has 0 radical (unpaired) electrons. The number of nitrogens with zero attached hydrogens (tertiary/aromatic N) is 2. The van der Waals surface area contributed by atoms with E-state index in [-0.39, 0.29) is 5.91 Å². The van der Waals surface area contributed by atoms with Gasteiger partial charge in [0.25, 0.3) is 5.91 Å². The summed E-state index contributed by atoms with van der Waals surface area (Å²) in [5, 5.41) is 9.95. The van der Waals surface area contributed by atoms with Gasteiger partial charge in [-0.3, -0.25) is 9.89 Å². The first-order valence-electron chi connectivity index (χ1n) is 7.93. The molecule has 0 bridgehead atoms. The summed E-state index contributed by atoms with van der Waals surface area (Å²) < 4.78 is 0. The van der Waals surface area contributed by atoms with Gasteiger partial charge in [0, 0.05) is 36.1 Å². The normalized spacial score (nSPS) is 13.9. The molecule has 3 rings (SSSR count). The van der Waals surface area contributed by atoms with Crippen LogP contribution in [-0.4, -0.2) is 29.2 Å². The van der Waals surface area contributed by atoms with Crippen LogP contribution in [0.2, 0.25) is 0 Å². The standard InChI is InChI=1S/C17H22N4O/c1-3-21(4-2)14-9-7-13(8-10-14)18-17(22)16-11-15(19-20-16)12-5-6-12/h7-12H,3-6H2,1-2H3,(H,18,22)(H,19,20). The molecular weight excluding hydrogens is 276 g/mol. The highest BCUT2D eigenvalue weighted by atomic mass is 16.1. The summed E-state index contributed by atoms with van der Waals surface area (Å²) in [5.74, 6) is 0.404. The zero-order valence-electron chi connectivity index (χ0n) is 13.1. The quantitative estimate of drug-likeness (QED) is 0.859. The fraction of sp³-hybridized carbons (Fsp3) is 0.412. The number of hydrogen-bond acceptors (Lipinski definition) is 3. The second kappa shape index (κ2) is 6.22. The predicted molar refractivity (Wildman–Crippen MR) is 88.5 cm³/mol. The fourth-order valence-electron chi connectivity index (χ4n) is 2.60. The SMILES string of the molecule is CCN(CC)c1ccc(NC(=O)c2cc(C3CC3)[nH]n2)cc1. The number of benzene rings is 1. The van der Waals surface area contributed by atoms with Gasteiger partial charge in [-0.1, -0.05) is 0 Å². The van der Waals surface area contributed by atoms with Crippen LogP contribution in [-0.2, 0) is 0 Å². The molecule has 0 spiro atoms. The molecular formula is C17H22N4O. The molecule has 116 valence electrons. The van der Waals surface area contributed by atoms with Crippen LogP contribution < -0.4 is 10.2 Å². The Bertz CT molecular complexity index is 639. The molecule has 1 saturated carbocycles. The van der Waals surface area contributed by atoms with Gasteiger partial charge in [-0.15, -0.1) is 0 Å². The second-order valence-corrected chi connectivity index (χ2v) is 5.66. The number of aromatic amines is 1. The van der Waals surface area contributed by atoms with Crippen molar-refractivity contribution in [3.8, 4) is 0 Å². The van der Waals surface area contributed by atoms with Crippen molar-refractivity contribution in [2.45, 2.75) is 32.6 Å². The highest BCUT2D eigenvalue weighted by molar-refractivity contribution is 6.03. The molecule has 1 aliphatic carbocycles. The lowest BCUT2D eigenvalue weighted by Gasteiger charge is -2.21. The molecule has 0 saturated heterocycles. The van der Waals surface area contributed by atoms with E-state index in [9.17, 15) is 4.79 Å². The summed E-state index contributed by atoms with van der Waals surface area (Å²) in [7, 11) is 0. The summed E-state index contributed by atoms with van der Waals surface area (Å²) in [5.41, 5.74) is 3.48. The largest absolute Gasteiger partial charge is 0.372 e. The molecule has 5 heteroatoms. The number of anilines is 2. The number of hydrogen-bond donors (Lipinski definition) is 2. The van der Waals surface area contributed by atoms with Gasteiger partial charge in [0.15, 0.2) is 5.69 Å². The minimum atomic E-state index is -0.168.